The van der Waals surface area contributed by atoms with Crippen LogP contribution in [0.5, 0.6) is 11.5 Å². The highest BCUT2D eigenvalue weighted by molar-refractivity contribution is 9.10. The van der Waals surface area contributed by atoms with E-state index in [4.69, 9.17) is 9.57 Å². The van der Waals surface area contributed by atoms with Gasteiger partial charge in [-0.1, -0.05) is 12.1 Å². The first-order chi connectivity index (χ1) is 11.4. The number of halogens is 4. The highest BCUT2D eigenvalue weighted by Crippen LogP contribution is 2.29. The molecule has 5 nitrogen and oxygen atoms in total. The van der Waals surface area contributed by atoms with Gasteiger partial charge < -0.3 is 9.47 Å². The third kappa shape index (κ3) is 4.39. The van der Waals surface area contributed by atoms with Gasteiger partial charge in [-0.05, 0) is 39.7 Å². The number of alkyl halides is 3. The number of hydroxylamine groups is 1. The van der Waals surface area contributed by atoms with E-state index in [1.54, 1.807) is 18.3 Å². The molecule has 126 valence electrons. The zero-order valence-corrected chi connectivity index (χ0v) is 13.5. The zero-order chi connectivity index (χ0) is 17.2. The van der Waals surface area contributed by atoms with Gasteiger partial charge in [-0.25, -0.2) is 5.48 Å². The normalized spacial score (nSPS) is 17.2. The van der Waals surface area contributed by atoms with E-state index in [1.165, 1.54) is 30.5 Å². The number of hydrogen-bond donors (Lipinski definition) is 1. The summed E-state index contributed by atoms with van der Waals surface area (Å²) in [4.78, 5) is 9.30. The minimum atomic E-state index is -4.72. The third-order valence-corrected chi connectivity index (χ3v) is 3.37. The average Bonchev–Trinajstić information content (AvgIpc) is 2.95. The Balaban J connectivity index is 1.67. The van der Waals surface area contributed by atoms with Gasteiger partial charge in [-0.3, -0.25) is 9.82 Å². The number of nitrogens with one attached hydrogen (secondary N) is 1. The topological polar surface area (TPSA) is 52.6 Å². The van der Waals surface area contributed by atoms with Crippen molar-refractivity contribution in [3.63, 3.8) is 0 Å². The maximum absolute atomic E-state index is 12.1. The summed E-state index contributed by atoms with van der Waals surface area (Å²) in [7, 11) is 0. The van der Waals surface area contributed by atoms with E-state index in [0.29, 0.717) is 17.2 Å². The fraction of sp³-hybridized carbons (Fsp3) is 0.133. The first-order valence-electron chi connectivity index (χ1n) is 6.67. The van der Waals surface area contributed by atoms with Crippen LogP contribution in [0, 0.1) is 0 Å². The van der Waals surface area contributed by atoms with Crippen LogP contribution in [0.2, 0.25) is 0 Å². The summed E-state index contributed by atoms with van der Waals surface area (Å²) in [6, 6.07) is 7.13. The number of hydrogen-bond acceptors (Lipinski definition) is 5. The van der Waals surface area contributed by atoms with Crippen molar-refractivity contribution in [1.29, 1.82) is 0 Å². The van der Waals surface area contributed by atoms with Gasteiger partial charge in [0.1, 0.15) is 17.6 Å². The number of ether oxygens (including phenoxy) is 2. The maximum atomic E-state index is 12.1. The van der Waals surface area contributed by atoms with E-state index in [9.17, 15) is 13.2 Å². The van der Waals surface area contributed by atoms with Crippen molar-refractivity contribution in [1.82, 2.24) is 10.5 Å². The van der Waals surface area contributed by atoms with Crippen molar-refractivity contribution in [2.45, 2.75) is 12.5 Å². The molecule has 1 atom stereocenters. The summed E-state index contributed by atoms with van der Waals surface area (Å²) < 4.78 is 46.6. The van der Waals surface area contributed by atoms with E-state index < -0.39 is 12.5 Å². The zero-order valence-electron chi connectivity index (χ0n) is 11.9. The van der Waals surface area contributed by atoms with Gasteiger partial charge in [0.2, 0.25) is 5.88 Å². The Kier molecular flexibility index (Phi) is 4.63. The number of aromatic nitrogens is 1. The van der Waals surface area contributed by atoms with Crippen LogP contribution in [0.15, 0.2) is 59.2 Å². The summed E-state index contributed by atoms with van der Waals surface area (Å²) in [5.74, 6) is 0.565. The molecule has 1 aromatic carbocycles. The first kappa shape index (κ1) is 16.6. The van der Waals surface area contributed by atoms with Crippen LogP contribution in [0.3, 0.4) is 0 Å². The Labute approximate surface area is 143 Å². The smallest absolute Gasteiger partial charge is 0.438 e. The Morgan fingerprint density at radius 1 is 1.12 bits per heavy atom. The monoisotopic (exact) mass is 402 g/mol. The van der Waals surface area contributed by atoms with Crippen molar-refractivity contribution in [3.05, 3.63) is 64.7 Å². The predicted octanol–water partition coefficient (Wildman–Crippen LogP) is 4.24. The molecule has 0 radical (unpaired) electrons. The van der Waals surface area contributed by atoms with Crippen LogP contribution in [-0.4, -0.2) is 11.3 Å². The lowest BCUT2D eigenvalue weighted by Gasteiger charge is -2.11. The van der Waals surface area contributed by atoms with Gasteiger partial charge in [-0.2, -0.15) is 0 Å². The number of rotatable bonds is 4. The molecule has 24 heavy (non-hydrogen) atoms. The summed E-state index contributed by atoms with van der Waals surface area (Å²) >= 11 is 3.28. The highest BCUT2D eigenvalue weighted by atomic mass is 79.9. The van der Waals surface area contributed by atoms with Gasteiger partial charge in [0.25, 0.3) is 0 Å². The fourth-order valence-electron chi connectivity index (χ4n) is 1.98. The molecule has 9 heteroatoms. The molecule has 0 saturated carbocycles. The molecule has 1 aromatic heterocycles. The van der Waals surface area contributed by atoms with Gasteiger partial charge in [-0.15, -0.1) is 13.2 Å². The molecule has 2 heterocycles. The third-order valence-electron chi connectivity index (χ3n) is 2.94. The summed E-state index contributed by atoms with van der Waals surface area (Å²) in [6.07, 6.45) is -0.413. The van der Waals surface area contributed by atoms with Crippen molar-refractivity contribution in [2.24, 2.45) is 0 Å². The van der Waals surface area contributed by atoms with Crippen LogP contribution in [0.4, 0.5) is 13.2 Å². The van der Waals surface area contributed by atoms with E-state index in [-0.39, 0.29) is 5.75 Å². The molecule has 0 spiro atoms. The molecule has 0 saturated heterocycles. The number of pyridine rings is 1. The maximum Gasteiger partial charge on any atom is 0.573 e. The van der Waals surface area contributed by atoms with Gasteiger partial charge in [0.05, 0.1) is 6.20 Å². The second kappa shape index (κ2) is 6.70. The molecule has 1 aliphatic rings. The average molecular weight is 403 g/mol. The Bertz CT molecular complexity index is 750. The largest absolute Gasteiger partial charge is 0.573 e. The molecule has 0 fully saturated rings. The SMILES string of the molecule is FC(F)(F)Oc1ccc(C2C=C(Oc3cncc(Br)c3)NO2)cc1. The molecule has 1 aliphatic heterocycles. The van der Waals surface area contributed by atoms with Crippen LogP contribution in [0.25, 0.3) is 0 Å². The van der Waals surface area contributed by atoms with E-state index in [1.807, 2.05) is 0 Å². The molecule has 0 amide bonds. The Morgan fingerprint density at radius 2 is 1.88 bits per heavy atom. The van der Waals surface area contributed by atoms with Crippen LogP contribution in [-0.2, 0) is 4.84 Å². The lowest BCUT2D eigenvalue weighted by atomic mass is 10.1. The minimum Gasteiger partial charge on any atom is -0.438 e. The van der Waals surface area contributed by atoms with Crippen molar-refractivity contribution >= 4 is 15.9 Å². The van der Waals surface area contributed by atoms with Crippen LogP contribution in [0.1, 0.15) is 11.7 Å². The molecule has 1 N–H and O–H groups in total. The minimum absolute atomic E-state index is 0.294. The Hall–Kier alpha value is -2.26. The fourth-order valence-corrected chi connectivity index (χ4v) is 2.32. The molecule has 2 aromatic rings. The standard InChI is InChI=1S/C15H10BrF3N2O3/c16-10-5-12(8-20-7-10)22-14-6-13(24-21-14)9-1-3-11(4-2-9)23-15(17,18)19/h1-8,13,21H. The molecule has 0 bridgehead atoms. The second-order valence-corrected chi connectivity index (χ2v) is 5.64. The quantitative estimate of drug-likeness (QED) is 0.828. The summed E-state index contributed by atoms with van der Waals surface area (Å²) in [5.41, 5.74) is 3.25. The van der Waals surface area contributed by atoms with E-state index >= 15 is 0 Å². The first-order valence-corrected chi connectivity index (χ1v) is 7.46. The molecule has 3 rings (SSSR count). The van der Waals surface area contributed by atoms with E-state index in [0.717, 1.165) is 4.47 Å². The van der Waals surface area contributed by atoms with E-state index in [2.05, 4.69) is 31.1 Å². The van der Waals surface area contributed by atoms with Gasteiger partial charge >= 0.3 is 6.36 Å². The second-order valence-electron chi connectivity index (χ2n) is 4.73. The molecular formula is C15H10BrF3N2O3. The molecule has 0 aliphatic carbocycles. The number of nitrogens with zero attached hydrogens (tertiary/aromatic N) is 1. The Morgan fingerprint density at radius 3 is 2.54 bits per heavy atom. The molecular weight excluding hydrogens is 393 g/mol. The lowest BCUT2D eigenvalue weighted by Crippen LogP contribution is -2.17. The van der Waals surface area contributed by atoms with Crippen molar-refractivity contribution in [3.8, 4) is 11.5 Å². The van der Waals surface area contributed by atoms with Crippen molar-refractivity contribution < 1.29 is 27.5 Å². The van der Waals surface area contributed by atoms with Crippen molar-refractivity contribution in [2.75, 3.05) is 0 Å². The predicted molar refractivity (Wildman–Crippen MR) is 80.7 cm³/mol. The van der Waals surface area contributed by atoms with Crippen LogP contribution < -0.4 is 15.0 Å². The molecule has 1 unspecified atom stereocenters. The summed E-state index contributed by atoms with van der Waals surface area (Å²) in [5, 5.41) is 0. The summed E-state index contributed by atoms with van der Waals surface area (Å²) in [6.45, 7) is 0. The highest BCUT2D eigenvalue weighted by Gasteiger charge is 2.31. The van der Waals surface area contributed by atoms with Gasteiger partial charge in [0, 0.05) is 16.7 Å². The number of benzene rings is 1. The lowest BCUT2D eigenvalue weighted by molar-refractivity contribution is -0.274. The van der Waals surface area contributed by atoms with Crippen LogP contribution >= 0.6 is 15.9 Å². The van der Waals surface area contributed by atoms with Gasteiger partial charge in [0.15, 0.2) is 0 Å².